The number of carboxylic acid groups (broad SMARTS) is 1. The Morgan fingerprint density at radius 3 is 2.47 bits per heavy atom. The van der Waals surface area contributed by atoms with Crippen molar-refractivity contribution in [2.75, 3.05) is 0 Å². The Morgan fingerprint density at radius 1 is 1.24 bits per heavy atom. The Hall–Kier alpha value is -2.30. The quantitative estimate of drug-likeness (QED) is 0.740. The van der Waals surface area contributed by atoms with Crippen molar-refractivity contribution < 1.29 is 15.0 Å². The molecule has 88 valence electrons. The first kappa shape index (κ1) is 11.2. The zero-order chi connectivity index (χ0) is 12.6. The number of phenols is 1. The predicted octanol–water partition coefficient (Wildman–Crippen LogP) is 2.10. The molecule has 0 unspecified atom stereocenters. The number of aryl methyl sites for hydroxylation is 2. The molecule has 17 heavy (non-hydrogen) atoms. The fourth-order valence-electron chi connectivity index (χ4n) is 1.58. The van der Waals surface area contributed by atoms with Crippen molar-refractivity contribution in [2.24, 2.45) is 0 Å². The topological polar surface area (TPSA) is 86.2 Å². The van der Waals surface area contributed by atoms with Crippen molar-refractivity contribution in [2.45, 2.75) is 13.8 Å². The lowest BCUT2D eigenvalue weighted by Gasteiger charge is -2.05. The van der Waals surface area contributed by atoms with Gasteiger partial charge in [0.2, 0.25) is 0 Å². The van der Waals surface area contributed by atoms with Crippen LogP contribution in [0.4, 0.5) is 0 Å². The molecule has 0 amide bonds. The second kappa shape index (κ2) is 3.93. The summed E-state index contributed by atoms with van der Waals surface area (Å²) in [5, 5.41) is 24.9. The van der Waals surface area contributed by atoms with Crippen LogP contribution in [0.25, 0.3) is 11.3 Å². The number of hydrogen-bond acceptors (Lipinski definition) is 3. The average Bonchev–Trinajstić information content (AvgIpc) is 2.72. The monoisotopic (exact) mass is 232 g/mol. The van der Waals surface area contributed by atoms with Crippen molar-refractivity contribution in [1.29, 1.82) is 0 Å². The Kier molecular flexibility index (Phi) is 2.59. The highest BCUT2D eigenvalue weighted by atomic mass is 16.4. The SMILES string of the molecule is Cc1cc(O)c(-c2cc(C(=O)O)[nH]n2)cc1C. The lowest BCUT2D eigenvalue weighted by molar-refractivity contribution is 0.0690. The maximum Gasteiger partial charge on any atom is 0.353 e. The molecular formula is C12H12N2O3. The number of benzene rings is 1. The molecule has 0 aliphatic rings. The van der Waals surface area contributed by atoms with Crippen LogP contribution in [-0.2, 0) is 0 Å². The molecule has 0 spiro atoms. The number of aromatic amines is 1. The number of rotatable bonds is 2. The summed E-state index contributed by atoms with van der Waals surface area (Å²) in [6, 6.07) is 4.82. The fraction of sp³-hybridized carbons (Fsp3) is 0.167. The van der Waals surface area contributed by atoms with Crippen molar-refractivity contribution in [3.05, 3.63) is 35.0 Å². The highest BCUT2D eigenvalue weighted by molar-refractivity contribution is 5.87. The van der Waals surface area contributed by atoms with Crippen LogP contribution < -0.4 is 0 Å². The van der Waals surface area contributed by atoms with Gasteiger partial charge in [-0.2, -0.15) is 5.10 Å². The standard InChI is InChI=1S/C12H12N2O3/c1-6-3-8(11(15)4-7(6)2)9-5-10(12(16)17)14-13-9/h3-5,15H,1-2H3,(H,13,14)(H,16,17). The van der Waals surface area contributed by atoms with Crippen LogP contribution >= 0.6 is 0 Å². The highest BCUT2D eigenvalue weighted by Gasteiger charge is 2.13. The summed E-state index contributed by atoms with van der Waals surface area (Å²) in [6.45, 7) is 3.81. The third-order valence-corrected chi connectivity index (χ3v) is 2.70. The third kappa shape index (κ3) is 1.99. The van der Waals surface area contributed by atoms with Gasteiger partial charge in [0.1, 0.15) is 11.4 Å². The minimum atomic E-state index is -1.08. The molecule has 5 heteroatoms. The Balaban J connectivity index is 2.52. The van der Waals surface area contributed by atoms with E-state index in [0.29, 0.717) is 11.3 Å². The Bertz CT molecular complexity index is 587. The molecular weight excluding hydrogens is 220 g/mol. The second-order valence-corrected chi connectivity index (χ2v) is 3.93. The second-order valence-electron chi connectivity index (χ2n) is 3.93. The van der Waals surface area contributed by atoms with E-state index in [1.165, 1.54) is 6.07 Å². The molecule has 1 aromatic carbocycles. The number of hydrogen-bond donors (Lipinski definition) is 3. The van der Waals surface area contributed by atoms with Crippen molar-refractivity contribution in [3.63, 3.8) is 0 Å². The molecule has 5 nitrogen and oxygen atoms in total. The molecule has 1 aromatic heterocycles. The van der Waals surface area contributed by atoms with Crippen molar-refractivity contribution in [3.8, 4) is 17.0 Å². The van der Waals surface area contributed by atoms with Gasteiger partial charge in [-0.05, 0) is 43.2 Å². The van der Waals surface area contributed by atoms with E-state index < -0.39 is 5.97 Å². The maximum absolute atomic E-state index is 10.7. The highest BCUT2D eigenvalue weighted by Crippen LogP contribution is 2.30. The third-order valence-electron chi connectivity index (χ3n) is 2.70. The molecule has 0 radical (unpaired) electrons. The van der Waals surface area contributed by atoms with Gasteiger partial charge in [-0.3, -0.25) is 5.10 Å². The van der Waals surface area contributed by atoms with Gasteiger partial charge in [0, 0.05) is 5.56 Å². The molecule has 0 bridgehead atoms. The summed E-state index contributed by atoms with van der Waals surface area (Å²) < 4.78 is 0. The number of nitrogens with zero attached hydrogens (tertiary/aromatic N) is 1. The lowest BCUT2D eigenvalue weighted by Crippen LogP contribution is -1.95. The van der Waals surface area contributed by atoms with E-state index in [0.717, 1.165) is 11.1 Å². The van der Waals surface area contributed by atoms with Crippen LogP contribution in [0.5, 0.6) is 5.75 Å². The fourth-order valence-corrected chi connectivity index (χ4v) is 1.58. The normalized spacial score (nSPS) is 10.5. The molecule has 3 N–H and O–H groups in total. The molecule has 0 atom stereocenters. The van der Waals surface area contributed by atoms with E-state index in [1.54, 1.807) is 12.1 Å². The summed E-state index contributed by atoms with van der Waals surface area (Å²) >= 11 is 0. The van der Waals surface area contributed by atoms with Crippen LogP contribution in [0.3, 0.4) is 0 Å². The molecule has 0 saturated carbocycles. The largest absolute Gasteiger partial charge is 0.507 e. The summed E-state index contributed by atoms with van der Waals surface area (Å²) in [4.78, 5) is 10.7. The van der Waals surface area contributed by atoms with Crippen molar-refractivity contribution in [1.82, 2.24) is 10.2 Å². The number of aromatic carboxylic acids is 1. The number of carbonyl (C=O) groups is 1. The van der Waals surface area contributed by atoms with Crippen molar-refractivity contribution >= 4 is 5.97 Å². The van der Waals surface area contributed by atoms with Gasteiger partial charge in [-0.15, -0.1) is 0 Å². The number of phenolic OH excluding ortho intramolecular Hbond substituents is 1. The first-order chi connectivity index (χ1) is 7.99. The maximum atomic E-state index is 10.7. The average molecular weight is 232 g/mol. The van der Waals surface area contributed by atoms with E-state index in [9.17, 15) is 9.90 Å². The first-order valence-electron chi connectivity index (χ1n) is 5.08. The van der Waals surface area contributed by atoms with Gasteiger partial charge in [0.05, 0.1) is 5.69 Å². The Morgan fingerprint density at radius 2 is 1.88 bits per heavy atom. The number of H-pyrrole nitrogens is 1. The molecule has 0 fully saturated rings. The van der Waals surface area contributed by atoms with Gasteiger partial charge < -0.3 is 10.2 Å². The van der Waals surface area contributed by atoms with E-state index in [2.05, 4.69) is 10.2 Å². The van der Waals surface area contributed by atoms with Gasteiger partial charge in [0.15, 0.2) is 0 Å². The van der Waals surface area contributed by atoms with Gasteiger partial charge in [-0.1, -0.05) is 0 Å². The number of aromatic nitrogens is 2. The molecule has 1 heterocycles. The summed E-state index contributed by atoms with van der Waals surface area (Å²) in [7, 11) is 0. The predicted molar refractivity (Wildman–Crippen MR) is 62.1 cm³/mol. The summed E-state index contributed by atoms with van der Waals surface area (Å²) in [5.41, 5.74) is 2.93. The Labute approximate surface area is 97.7 Å². The van der Waals surface area contributed by atoms with Gasteiger partial charge in [0.25, 0.3) is 0 Å². The smallest absolute Gasteiger partial charge is 0.353 e. The van der Waals surface area contributed by atoms with E-state index >= 15 is 0 Å². The van der Waals surface area contributed by atoms with Crippen LogP contribution in [0.15, 0.2) is 18.2 Å². The zero-order valence-corrected chi connectivity index (χ0v) is 9.48. The lowest BCUT2D eigenvalue weighted by atomic mass is 10.0. The van der Waals surface area contributed by atoms with Gasteiger partial charge in [-0.25, -0.2) is 4.79 Å². The minimum Gasteiger partial charge on any atom is -0.507 e. The zero-order valence-electron chi connectivity index (χ0n) is 9.48. The van der Waals surface area contributed by atoms with E-state index in [4.69, 9.17) is 5.11 Å². The van der Waals surface area contributed by atoms with Crippen LogP contribution in [-0.4, -0.2) is 26.4 Å². The number of carboxylic acids is 1. The summed E-state index contributed by atoms with van der Waals surface area (Å²) in [5.74, 6) is -0.983. The molecule has 0 aliphatic heterocycles. The number of nitrogens with one attached hydrogen (secondary N) is 1. The summed E-state index contributed by atoms with van der Waals surface area (Å²) in [6.07, 6.45) is 0. The van der Waals surface area contributed by atoms with Crippen LogP contribution in [0.1, 0.15) is 21.6 Å². The van der Waals surface area contributed by atoms with E-state index in [-0.39, 0.29) is 11.4 Å². The molecule has 2 rings (SSSR count). The molecule has 0 aliphatic carbocycles. The van der Waals surface area contributed by atoms with E-state index in [1.807, 2.05) is 13.8 Å². The molecule has 0 saturated heterocycles. The minimum absolute atomic E-state index is 0.00220. The van der Waals surface area contributed by atoms with Crippen LogP contribution in [0.2, 0.25) is 0 Å². The molecule has 2 aromatic rings. The first-order valence-corrected chi connectivity index (χ1v) is 5.08. The van der Waals surface area contributed by atoms with Crippen LogP contribution in [0, 0.1) is 13.8 Å². The van der Waals surface area contributed by atoms with Gasteiger partial charge >= 0.3 is 5.97 Å². The number of aromatic hydroxyl groups is 1.